The largest absolute Gasteiger partial charge is 0.496 e. The summed E-state index contributed by atoms with van der Waals surface area (Å²) in [6.07, 6.45) is 2.46. The van der Waals surface area contributed by atoms with Gasteiger partial charge in [0.15, 0.2) is 5.96 Å². The molecule has 268 valence electrons. The number of hydrogen-bond donors (Lipinski definition) is 6. The number of anilines is 1. The number of fused-ring (bicyclic) bond motifs is 1. The number of guanidine groups is 1. The van der Waals surface area contributed by atoms with Gasteiger partial charge in [-0.2, -0.15) is 0 Å². The van der Waals surface area contributed by atoms with Crippen molar-refractivity contribution in [3.8, 4) is 5.75 Å². The normalized spacial score (nSPS) is 15.1. The number of nitrogens with one attached hydrogen (secondary N) is 3. The first kappa shape index (κ1) is 37.4. The summed E-state index contributed by atoms with van der Waals surface area (Å²) in [5.74, 6) is -0.796. The highest BCUT2D eigenvalue weighted by Crippen LogP contribution is 2.30. The zero-order valence-electron chi connectivity index (χ0n) is 28.4. The van der Waals surface area contributed by atoms with Crippen molar-refractivity contribution in [2.45, 2.75) is 69.7 Å². The monoisotopic (exact) mass is 688 g/mol. The highest BCUT2D eigenvalue weighted by Gasteiger charge is 2.39. The van der Waals surface area contributed by atoms with Crippen LogP contribution in [0.5, 0.6) is 5.75 Å². The van der Waals surface area contributed by atoms with Crippen molar-refractivity contribution in [3.05, 3.63) is 72.3 Å². The molecule has 4 amide bonds. The number of benzene rings is 3. The van der Waals surface area contributed by atoms with Gasteiger partial charge in [0.05, 0.1) is 7.11 Å². The zero-order chi connectivity index (χ0) is 35.9. The second-order valence-corrected chi connectivity index (χ2v) is 12.1. The van der Waals surface area contributed by atoms with Crippen LogP contribution in [0.25, 0.3) is 10.8 Å². The summed E-state index contributed by atoms with van der Waals surface area (Å²) in [6.45, 7) is 1.07. The Hall–Kier alpha value is -5.37. The molecule has 14 nitrogen and oxygen atoms in total. The fraction of sp³-hybridized carbons (Fsp3) is 0.417. The number of alkyl carbamates (subject to hydrolysis) is 1. The summed E-state index contributed by atoms with van der Waals surface area (Å²) >= 11 is 0. The number of likely N-dealkylation sites (tertiary alicyclic amines) is 1. The third kappa shape index (κ3) is 10.8. The molecule has 14 heteroatoms. The van der Waals surface area contributed by atoms with Gasteiger partial charge in [-0.1, -0.05) is 54.6 Å². The molecule has 3 aromatic carbocycles. The summed E-state index contributed by atoms with van der Waals surface area (Å²) in [7, 11) is 1.56. The minimum atomic E-state index is -0.960. The van der Waals surface area contributed by atoms with Gasteiger partial charge in [-0.05, 0) is 68.5 Å². The Morgan fingerprint density at radius 3 is 2.42 bits per heavy atom. The third-order valence-electron chi connectivity index (χ3n) is 8.48. The molecule has 0 bridgehead atoms. The van der Waals surface area contributed by atoms with Crippen LogP contribution in [0.1, 0.15) is 50.5 Å². The average molecular weight is 689 g/mol. The Balaban J connectivity index is 1.46. The first-order valence-corrected chi connectivity index (χ1v) is 16.9. The highest BCUT2D eigenvalue weighted by molar-refractivity contribution is 6.01. The molecule has 0 unspecified atom stereocenters. The molecule has 0 saturated carbocycles. The first-order chi connectivity index (χ1) is 24.2. The van der Waals surface area contributed by atoms with Crippen LogP contribution in [-0.4, -0.2) is 79.5 Å². The van der Waals surface area contributed by atoms with Crippen LogP contribution in [0, 0.1) is 0 Å². The predicted octanol–water partition coefficient (Wildman–Crippen LogP) is 2.74. The molecule has 1 heterocycles. The number of hydrogen-bond acceptors (Lipinski definition) is 8. The van der Waals surface area contributed by atoms with Gasteiger partial charge in [0.25, 0.3) is 0 Å². The van der Waals surface area contributed by atoms with E-state index in [4.69, 9.17) is 26.7 Å². The van der Waals surface area contributed by atoms with Crippen LogP contribution in [0.3, 0.4) is 0 Å². The molecule has 0 radical (unpaired) electrons. The lowest BCUT2D eigenvalue weighted by Crippen LogP contribution is -2.55. The van der Waals surface area contributed by atoms with Gasteiger partial charge < -0.3 is 47.5 Å². The van der Waals surface area contributed by atoms with Crippen LogP contribution >= 0.6 is 0 Å². The molecule has 1 fully saturated rings. The summed E-state index contributed by atoms with van der Waals surface area (Å²) in [5.41, 5.74) is 17.9. The Kier molecular flexibility index (Phi) is 14.2. The fourth-order valence-electron chi connectivity index (χ4n) is 5.95. The van der Waals surface area contributed by atoms with Gasteiger partial charge in [-0.25, -0.2) is 4.79 Å². The topological polar surface area (TPSA) is 216 Å². The van der Waals surface area contributed by atoms with E-state index in [0.717, 1.165) is 16.3 Å². The van der Waals surface area contributed by atoms with Crippen molar-refractivity contribution >= 4 is 46.2 Å². The SMILES string of the molecule is COc1cc(NC(=O)[C@H](CCCN=C(N)N)NC(=O)[C@@H]2CCCN2C(=O)[C@H](CCCCN)NC(=O)OCc2ccccc2)cc2ccccc12. The Labute approximate surface area is 292 Å². The van der Waals surface area contributed by atoms with E-state index in [-0.39, 0.29) is 25.5 Å². The van der Waals surface area contributed by atoms with Gasteiger partial charge in [-0.15, -0.1) is 0 Å². The van der Waals surface area contributed by atoms with E-state index < -0.39 is 41.9 Å². The fourth-order valence-corrected chi connectivity index (χ4v) is 5.95. The number of rotatable bonds is 17. The van der Waals surface area contributed by atoms with E-state index in [9.17, 15) is 19.2 Å². The number of nitrogens with zero attached hydrogens (tertiary/aromatic N) is 2. The molecule has 50 heavy (non-hydrogen) atoms. The summed E-state index contributed by atoms with van der Waals surface area (Å²) < 4.78 is 10.9. The number of ether oxygens (including phenoxy) is 2. The minimum Gasteiger partial charge on any atom is -0.496 e. The highest BCUT2D eigenvalue weighted by atomic mass is 16.5. The molecule has 3 atom stereocenters. The van der Waals surface area contributed by atoms with Gasteiger partial charge in [0, 0.05) is 30.2 Å². The maximum absolute atomic E-state index is 13.9. The standard InChI is InChI=1S/C36H48N8O6/c1-49-31-22-26(21-25-13-5-6-14-27(25)31)41-32(45)28(16-9-19-40-35(38)39)42-33(46)30-17-10-20-44(30)34(47)29(15-7-8-18-37)43-36(48)50-23-24-11-3-2-4-12-24/h2-6,11-14,21-22,28-30H,7-10,15-20,23,37H2,1H3,(H,41,45)(H,42,46)(H,43,48)(H4,38,39,40)/t28-,29-,30-/m0/s1. The number of unbranched alkanes of at least 4 members (excludes halogenated alkanes) is 1. The number of aliphatic imine (C=N–C) groups is 1. The average Bonchev–Trinajstić information content (AvgIpc) is 3.61. The lowest BCUT2D eigenvalue weighted by Gasteiger charge is -2.30. The number of nitrogens with two attached hydrogens (primary N) is 3. The van der Waals surface area contributed by atoms with Crippen molar-refractivity contribution in [2.75, 3.05) is 32.1 Å². The number of amides is 4. The van der Waals surface area contributed by atoms with E-state index in [1.54, 1.807) is 13.2 Å². The molecule has 0 aromatic heterocycles. The molecular formula is C36H48N8O6. The zero-order valence-corrected chi connectivity index (χ0v) is 28.4. The first-order valence-electron chi connectivity index (χ1n) is 16.9. The predicted molar refractivity (Wildman–Crippen MR) is 192 cm³/mol. The Morgan fingerprint density at radius 1 is 0.940 bits per heavy atom. The van der Waals surface area contributed by atoms with Crippen LogP contribution in [-0.2, 0) is 25.7 Å². The van der Waals surface area contributed by atoms with Crippen molar-refractivity contribution in [1.82, 2.24) is 15.5 Å². The minimum absolute atomic E-state index is 0.0454. The van der Waals surface area contributed by atoms with Crippen molar-refractivity contribution in [1.29, 1.82) is 0 Å². The van der Waals surface area contributed by atoms with Crippen LogP contribution < -0.4 is 37.9 Å². The number of carbonyl (C=O) groups excluding carboxylic acids is 4. The maximum atomic E-state index is 13.9. The van der Waals surface area contributed by atoms with Gasteiger partial charge in [-0.3, -0.25) is 19.4 Å². The van der Waals surface area contributed by atoms with E-state index in [1.807, 2.05) is 60.7 Å². The molecule has 4 rings (SSSR count). The van der Waals surface area contributed by atoms with E-state index in [2.05, 4.69) is 20.9 Å². The molecule has 3 aromatic rings. The summed E-state index contributed by atoms with van der Waals surface area (Å²) in [4.78, 5) is 59.6. The Bertz CT molecular complexity index is 1630. The van der Waals surface area contributed by atoms with Crippen molar-refractivity contribution in [3.63, 3.8) is 0 Å². The van der Waals surface area contributed by atoms with Crippen molar-refractivity contribution < 1.29 is 28.7 Å². The second kappa shape index (κ2) is 19.0. The van der Waals surface area contributed by atoms with Crippen molar-refractivity contribution in [2.24, 2.45) is 22.2 Å². The molecule has 1 aliphatic heterocycles. The molecule has 0 aliphatic carbocycles. The molecule has 1 saturated heterocycles. The van der Waals surface area contributed by atoms with Gasteiger partial charge in [0.1, 0.15) is 30.5 Å². The van der Waals surface area contributed by atoms with Crippen LogP contribution in [0.2, 0.25) is 0 Å². The van der Waals surface area contributed by atoms with E-state index in [1.165, 1.54) is 4.90 Å². The maximum Gasteiger partial charge on any atom is 0.408 e. The van der Waals surface area contributed by atoms with Crippen LogP contribution in [0.4, 0.5) is 10.5 Å². The lowest BCUT2D eigenvalue weighted by atomic mass is 10.1. The Morgan fingerprint density at radius 2 is 1.68 bits per heavy atom. The van der Waals surface area contributed by atoms with Crippen LogP contribution in [0.15, 0.2) is 71.7 Å². The smallest absolute Gasteiger partial charge is 0.408 e. The summed E-state index contributed by atoms with van der Waals surface area (Å²) in [6, 6.07) is 17.7. The second-order valence-electron chi connectivity index (χ2n) is 12.1. The quantitative estimate of drug-likeness (QED) is 0.0697. The third-order valence-corrected chi connectivity index (χ3v) is 8.48. The molecule has 9 N–H and O–H groups in total. The van der Waals surface area contributed by atoms with E-state index >= 15 is 0 Å². The molecule has 1 aliphatic rings. The van der Waals surface area contributed by atoms with Gasteiger partial charge >= 0.3 is 6.09 Å². The molecular weight excluding hydrogens is 640 g/mol. The molecule has 0 spiro atoms. The summed E-state index contributed by atoms with van der Waals surface area (Å²) in [5, 5.41) is 10.2. The lowest BCUT2D eigenvalue weighted by molar-refractivity contribution is -0.140. The number of carbonyl (C=O) groups is 4. The number of methoxy groups -OCH3 is 1. The van der Waals surface area contributed by atoms with E-state index in [0.29, 0.717) is 63.1 Å². The van der Waals surface area contributed by atoms with Gasteiger partial charge in [0.2, 0.25) is 17.7 Å².